The molecule has 10 heteroatoms. The zero-order valence-corrected chi connectivity index (χ0v) is 21.3. The fourth-order valence-electron chi connectivity index (χ4n) is 7.36. The summed E-state index contributed by atoms with van der Waals surface area (Å²) in [6.07, 6.45) is 4.66. The summed E-state index contributed by atoms with van der Waals surface area (Å²) in [4.78, 5) is 37.7. The lowest BCUT2D eigenvalue weighted by atomic mass is 9.50. The zero-order valence-electron chi connectivity index (χ0n) is 21.3. The Hall–Kier alpha value is -2.27. The van der Waals surface area contributed by atoms with E-state index in [0.717, 1.165) is 6.42 Å². The van der Waals surface area contributed by atoms with Gasteiger partial charge in [-0.15, -0.1) is 0 Å². The fourth-order valence-corrected chi connectivity index (χ4v) is 7.36. The van der Waals surface area contributed by atoms with E-state index in [1.807, 2.05) is 0 Å². The number of aliphatic hydroxyl groups is 1. The second kappa shape index (κ2) is 8.36. The predicted molar refractivity (Wildman–Crippen MR) is 125 cm³/mol. The molecule has 4 heterocycles. The Morgan fingerprint density at radius 1 is 0.946 bits per heavy atom. The molecule has 0 radical (unpaired) electrons. The van der Waals surface area contributed by atoms with Crippen molar-refractivity contribution >= 4 is 17.9 Å². The second-order valence-corrected chi connectivity index (χ2v) is 11.8. The number of hydrogen-bond acceptors (Lipinski definition) is 10. The van der Waals surface area contributed by atoms with Crippen molar-refractivity contribution in [1.82, 2.24) is 0 Å². The minimum atomic E-state index is -1.38. The minimum Gasteiger partial charge on any atom is -0.463 e. The molecule has 6 rings (SSSR count). The molecule has 4 aliphatic heterocycles. The van der Waals surface area contributed by atoms with Crippen LogP contribution < -0.4 is 0 Å². The summed E-state index contributed by atoms with van der Waals surface area (Å²) in [7, 11) is 0. The molecular weight excluding hydrogens is 484 g/mol. The Labute approximate surface area is 215 Å². The fraction of sp³-hybridized carbons (Fsp3) is 0.741. The standard InChI is InChI=1S/C27H34O10/c1-15-8-11-32-18(28)6-4-5-7-19(29)35-16-12-17-27(14-34-27)25(16,3)26(13-33-23(31)20(15)30)10-9-24(2)21(37-24)22(26)36-17/h4-7,15-17,20-22,30H,8-14H2,1-3H3/b6-4+,7-5?/t15-,16-,17-,20+,21+,22-,24?,25-,26-,27-/m1/s1. The normalized spacial score (nSPS) is 52.1. The van der Waals surface area contributed by atoms with Crippen LogP contribution in [0.1, 0.15) is 46.5 Å². The van der Waals surface area contributed by atoms with Crippen molar-refractivity contribution in [3.8, 4) is 0 Å². The summed E-state index contributed by atoms with van der Waals surface area (Å²) < 4.78 is 35.9. The van der Waals surface area contributed by atoms with E-state index in [1.54, 1.807) is 6.92 Å². The predicted octanol–water partition coefficient (Wildman–Crippen LogP) is 1.38. The number of esters is 3. The van der Waals surface area contributed by atoms with E-state index in [2.05, 4.69) is 13.8 Å². The topological polar surface area (TPSA) is 133 Å². The number of carbonyl (C=O) groups excluding carboxylic acids is 3. The first kappa shape index (κ1) is 25.0. The van der Waals surface area contributed by atoms with Gasteiger partial charge in [0.1, 0.15) is 24.4 Å². The van der Waals surface area contributed by atoms with Crippen molar-refractivity contribution in [2.24, 2.45) is 16.7 Å². The average molecular weight is 519 g/mol. The van der Waals surface area contributed by atoms with E-state index in [4.69, 9.17) is 28.4 Å². The van der Waals surface area contributed by atoms with Crippen LogP contribution in [0, 0.1) is 16.7 Å². The summed E-state index contributed by atoms with van der Waals surface area (Å²) in [5.74, 6) is -2.38. The van der Waals surface area contributed by atoms with E-state index in [-0.39, 0.29) is 43.5 Å². The van der Waals surface area contributed by atoms with Crippen LogP contribution in [0.5, 0.6) is 0 Å². The molecule has 1 unspecified atom stereocenters. The number of hydrogen-bond donors (Lipinski definition) is 1. The van der Waals surface area contributed by atoms with E-state index in [0.29, 0.717) is 19.4 Å². The van der Waals surface area contributed by atoms with Crippen molar-refractivity contribution in [1.29, 1.82) is 0 Å². The Morgan fingerprint density at radius 2 is 1.68 bits per heavy atom. The highest BCUT2D eigenvalue weighted by Crippen LogP contribution is 2.75. The smallest absolute Gasteiger partial charge is 0.335 e. The highest BCUT2D eigenvalue weighted by Gasteiger charge is 2.86. The Bertz CT molecular complexity index is 1060. The van der Waals surface area contributed by atoms with Gasteiger partial charge in [0.2, 0.25) is 0 Å². The quantitative estimate of drug-likeness (QED) is 0.285. The maximum atomic E-state index is 13.0. The molecule has 5 fully saturated rings. The highest BCUT2D eigenvalue weighted by molar-refractivity contribution is 5.84. The average Bonchev–Trinajstić information content (AvgIpc) is 3.77. The van der Waals surface area contributed by atoms with Gasteiger partial charge in [-0.05, 0) is 32.1 Å². The first-order chi connectivity index (χ1) is 17.6. The lowest BCUT2D eigenvalue weighted by Crippen LogP contribution is -2.69. The van der Waals surface area contributed by atoms with Crippen LogP contribution in [-0.2, 0) is 42.8 Å². The number of cyclic esters (lactones) is 2. The number of allylic oxidation sites excluding steroid dienone is 2. The molecule has 0 aromatic rings. The lowest BCUT2D eigenvalue weighted by molar-refractivity contribution is -0.252. The maximum absolute atomic E-state index is 13.0. The van der Waals surface area contributed by atoms with Gasteiger partial charge >= 0.3 is 17.9 Å². The molecule has 0 aromatic heterocycles. The number of epoxide rings is 2. The maximum Gasteiger partial charge on any atom is 0.335 e. The van der Waals surface area contributed by atoms with Crippen LogP contribution in [-0.4, -0.2) is 84.6 Å². The van der Waals surface area contributed by atoms with Gasteiger partial charge in [0.05, 0.1) is 36.4 Å². The van der Waals surface area contributed by atoms with E-state index in [1.165, 1.54) is 24.3 Å². The third-order valence-corrected chi connectivity index (χ3v) is 10.0. The Kier molecular flexibility index (Phi) is 5.66. The molecule has 0 amide bonds. The highest BCUT2D eigenvalue weighted by atomic mass is 16.7. The third-order valence-electron chi connectivity index (χ3n) is 10.0. The van der Waals surface area contributed by atoms with Crippen LogP contribution in [0.4, 0.5) is 0 Å². The molecule has 2 aliphatic carbocycles. The largest absolute Gasteiger partial charge is 0.463 e. The molecule has 6 aliphatic rings. The number of rotatable bonds is 0. The van der Waals surface area contributed by atoms with Gasteiger partial charge in [0, 0.05) is 24.0 Å². The van der Waals surface area contributed by atoms with Crippen molar-refractivity contribution in [3.63, 3.8) is 0 Å². The molecule has 3 saturated heterocycles. The molecule has 202 valence electrons. The molecule has 1 N–H and O–H groups in total. The second-order valence-electron chi connectivity index (χ2n) is 11.8. The van der Waals surface area contributed by atoms with E-state index in [9.17, 15) is 19.5 Å². The zero-order chi connectivity index (χ0) is 26.2. The number of aliphatic hydroxyl groups excluding tert-OH is 1. The molecule has 2 spiro atoms. The number of ether oxygens (including phenoxy) is 6. The van der Waals surface area contributed by atoms with Crippen molar-refractivity contribution in [2.45, 2.75) is 88.2 Å². The molecule has 10 nitrogen and oxygen atoms in total. The van der Waals surface area contributed by atoms with Gasteiger partial charge in [-0.3, -0.25) is 0 Å². The summed E-state index contributed by atoms with van der Waals surface area (Å²) >= 11 is 0. The van der Waals surface area contributed by atoms with Gasteiger partial charge < -0.3 is 33.5 Å². The Balaban J connectivity index is 1.37. The van der Waals surface area contributed by atoms with Crippen LogP contribution in [0.3, 0.4) is 0 Å². The molecule has 0 aromatic carbocycles. The molecule has 10 atom stereocenters. The number of carbonyl (C=O) groups is 3. The van der Waals surface area contributed by atoms with Crippen molar-refractivity contribution in [3.05, 3.63) is 24.3 Å². The summed E-state index contributed by atoms with van der Waals surface area (Å²) in [6.45, 7) is 6.30. The monoisotopic (exact) mass is 518 g/mol. The van der Waals surface area contributed by atoms with E-state index >= 15 is 0 Å². The van der Waals surface area contributed by atoms with Crippen molar-refractivity contribution in [2.75, 3.05) is 19.8 Å². The van der Waals surface area contributed by atoms with Gasteiger partial charge in [0.15, 0.2) is 6.10 Å². The SMILES string of the molecule is C[C@@H]1CCOC(=O)/C=C/C=CC(=O)O[C@@H]2C[C@H]3O[C@@H]4[C@@H]5OC5(C)CC[C@]4(COC(=O)[C@H]1O)[C@]2(C)[C@@]31CO1. The van der Waals surface area contributed by atoms with Gasteiger partial charge in [-0.2, -0.15) is 0 Å². The molecule has 37 heavy (non-hydrogen) atoms. The number of fused-ring (bicyclic) bond motifs is 2. The first-order valence-corrected chi connectivity index (χ1v) is 13.1. The molecule has 2 saturated carbocycles. The van der Waals surface area contributed by atoms with Crippen molar-refractivity contribution < 1.29 is 47.9 Å². The summed E-state index contributed by atoms with van der Waals surface area (Å²) in [6, 6.07) is 0. The third kappa shape index (κ3) is 3.56. The summed E-state index contributed by atoms with van der Waals surface area (Å²) in [5.41, 5.74) is -2.40. The first-order valence-electron chi connectivity index (χ1n) is 13.1. The van der Waals surface area contributed by atoms with Crippen LogP contribution in [0.2, 0.25) is 0 Å². The molecule has 2 bridgehead atoms. The van der Waals surface area contributed by atoms with Gasteiger partial charge in [-0.25, -0.2) is 14.4 Å². The van der Waals surface area contributed by atoms with Crippen LogP contribution in [0.25, 0.3) is 0 Å². The van der Waals surface area contributed by atoms with Crippen LogP contribution >= 0.6 is 0 Å². The van der Waals surface area contributed by atoms with E-state index < -0.39 is 52.5 Å². The van der Waals surface area contributed by atoms with Gasteiger partial charge in [0.25, 0.3) is 0 Å². The summed E-state index contributed by atoms with van der Waals surface area (Å²) in [5, 5.41) is 10.7. The van der Waals surface area contributed by atoms with Crippen LogP contribution in [0.15, 0.2) is 24.3 Å². The van der Waals surface area contributed by atoms with Gasteiger partial charge in [-0.1, -0.05) is 26.0 Å². The minimum absolute atomic E-state index is 0.0217. The lowest BCUT2D eigenvalue weighted by Gasteiger charge is -2.58. The molecular formula is C27H34O10. The Morgan fingerprint density at radius 3 is 2.41 bits per heavy atom.